The van der Waals surface area contributed by atoms with Crippen LogP contribution in [0.25, 0.3) is 0 Å². The van der Waals surface area contributed by atoms with Crippen molar-refractivity contribution in [3.8, 4) is 0 Å². The Bertz CT molecular complexity index is 895. The molecule has 0 spiro atoms. The Kier molecular flexibility index (Phi) is 30.1. The molecule has 19 heteroatoms. The number of nitrogens with zero attached hydrogens (tertiary/aromatic N) is 3. The average molecular weight is 689 g/mol. The number of nitrogens with one attached hydrogen (secondary N) is 1. The number of carboxylic acids is 3. The van der Waals surface area contributed by atoms with Crippen molar-refractivity contribution in [3.63, 3.8) is 0 Å². The summed E-state index contributed by atoms with van der Waals surface area (Å²) in [5.41, 5.74) is -0.671. The van der Waals surface area contributed by atoms with Gasteiger partial charge in [0.15, 0.2) is 6.29 Å². The molecule has 0 aromatic carbocycles. The standard InChI is InChI=1S/C24H38N4O12.3K/c29-19(4-3-18-14-25-27-28(18)8-1-2-23-39-12-13-40-23)26-24(15-36-9-5-20(30)31,16-37-10-6-21(32)33)17-38-11-7-22(34)35;;;/h14,23H,1-13,15-17H2,(H,26,29)(H,30,31)(H,32,33)(H,34,35);;;/q;3*+1/p-3. The SMILES string of the molecule is O=C([O-])CCOCC(COCCC(=O)[O-])(COCCC(=O)[O-])NC(=O)CCc1cnnn1CCCC1OCCO1.[K+].[K+].[K+]. The minimum absolute atomic E-state index is 0. The van der Waals surface area contributed by atoms with Crippen LogP contribution in [0.3, 0.4) is 0 Å². The number of amides is 1. The summed E-state index contributed by atoms with van der Waals surface area (Å²) >= 11 is 0. The van der Waals surface area contributed by atoms with E-state index in [4.69, 9.17) is 23.7 Å². The van der Waals surface area contributed by atoms with E-state index in [-0.39, 0.29) is 213 Å². The number of aromatic nitrogens is 3. The Morgan fingerprint density at radius 2 is 1.35 bits per heavy atom. The molecule has 1 aromatic rings. The number of hydrogen-bond donors (Lipinski definition) is 1. The number of ether oxygens (including phenoxy) is 5. The van der Waals surface area contributed by atoms with Crippen LogP contribution < -0.4 is 175 Å². The van der Waals surface area contributed by atoms with Crippen LogP contribution in [0.2, 0.25) is 0 Å². The molecule has 16 nitrogen and oxygen atoms in total. The zero-order valence-electron chi connectivity index (χ0n) is 25.2. The summed E-state index contributed by atoms with van der Waals surface area (Å²) in [7, 11) is 0. The molecule has 43 heavy (non-hydrogen) atoms. The van der Waals surface area contributed by atoms with Crippen LogP contribution in [0.15, 0.2) is 6.20 Å². The van der Waals surface area contributed by atoms with Crippen LogP contribution in [0.1, 0.15) is 44.2 Å². The van der Waals surface area contributed by atoms with Crippen LogP contribution >= 0.6 is 0 Å². The van der Waals surface area contributed by atoms with Gasteiger partial charge in [0.2, 0.25) is 5.91 Å². The monoisotopic (exact) mass is 688 g/mol. The van der Waals surface area contributed by atoms with E-state index < -0.39 is 48.6 Å². The first kappa shape index (κ1) is 46.8. The van der Waals surface area contributed by atoms with E-state index >= 15 is 0 Å². The molecule has 1 aliphatic heterocycles. The summed E-state index contributed by atoms with van der Waals surface area (Å²) in [5, 5.41) is 43.0. The Labute approximate surface area is 377 Å². The molecule has 0 bridgehead atoms. The van der Waals surface area contributed by atoms with Crippen LogP contribution in [0.5, 0.6) is 0 Å². The van der Waals surface area contributed by atoms with Gasteiger partial charge >= 0.3 is 154 Å². The molecule has 0 aliphatic carbocycles. The zero-order valence-corrected chi connectivity index (χ0v) is 34.6. The molecule has 2 heterocycles. The molecule has 1 aliphatic rings. The van der Waals surface area contributed by atoms with Crippen molar-refractivity contribution >= 4 is 23.8 Å². The van der Waals surface area contributed by atoms with Gasteiger partial charge in [-0.1, -0.05) is 5.21 Å². The zero-order chi connectivity index (χ0) is 29.2. The summed E-state index contributed by atoms with van der Waals surface area (Å²) < 4.78 is 28.8. The van der Waals surface area contributed by atoms with E-state index in [1.165, 1.54) is 0 Å². The van der Waals surface area contributed by atoms with Gasteiger partial charge in [-0.05, 0) is 12.8 Å². The number of hydrogen-bond acceptors (Lipinski definition) is 14. The third-order valence-corrected chi connectivity index (χ3v) is 5.70. The van der Waals surface area contributed by atoms with Gasteiger partial charge in [-0.3, -0.25) is 4.79 Å². The van der Waals surface area contributed by atoms with E-state index in [1.807, 2.05) is 0 Å². The van der Waals surface area contributed by atoms with E-state index in [1.54, 1.807) is 10.9 Å². The fourth-order valence-corrected chi connectivity index (χ4v) is 3.74. The first-order chi connectivity index (χ1) is 19.2. The van der Waals surface area contributed by atoms with Gasteiger partial charge in [0.25, 0.3) is 0 Å². The Morgan fingerprint density at radius 3 is 1.81 bits per heavy atom. The van der Waals surface area contributed by atoms with Crippen molar-refractivity contribution in [1.29, 1.82) is 0 Å². The van der Waals surface area contributed by atoms with Gasteiger partial charge in [0, 0.05) is 56.6 Å². The summed E-state index contributed by atoms with van der Waals surface area (Å²) in [6, 6.07) is 0. The second-order valence-corrected chi connectivity index (χ2v) is 9.11. The van der Waals surface area contributed by atoms with Crippen LogP contribution in [-0.2, 0) is 55.8 Å². The average Bonchev–Trinajstić information content (AvgIpc) is 3.58. The topological polar surface area (TPSA) is 226 Å². The predicted molar refractivity (Wildman–Crippen MR) is 125 cm³/mol. The van der Waals surface area contributed by atoms with Crippen LogP contribution in [0, 0.1) is 0 Å². The van der Waals surface area contributed by atoms with Crippen molar-refractivity contribution < 1.29 is 212 Å². The number of rotatable bonds is 23. The van der Waals surface area contributed by atoms with Gasteiger partial charge in [-0.15, -0.1) is 5.10 Å². The van der Waals surface area contributed by atoms with Crippen LogP contribution in [-0.4, -0.2) is 103 Å². The second kappa shape index (κ2) is 27.7. The summed E-state index contributed by atoms with van der Waals surface area (Å²) in [6.45, 7) is 0.172. The van der Waals surface area contributed by atoms with E-state index in [2.05, 4.69) is 15.6 Å². The number of aryl methyl sites for hydroxylation is 2. The van der Waals surface area contributed by atoms with Crippen molar-refractivity contribution in [2.45, 2.75) is 63.3 Å². The first-order valence-electron chi connectivity index (χ1n) is 12.9. The van der Waals surface area contributed by atoms with Crippen molar-refractivity contribution in [2.75, 3.05) is 52.9 Å². The molecule has 0 saturated carbocycles. The molecule has 1 amide bonds. The van der Waals surface area contributed by atoms with Gasteiger partial charge < -0.3 is 58.7 Å². The molecule has 0 atom stereocenters. The maximum Gasteiger partial charge on any atom is 1.00 e. The molecular formula is C24H35K3N4O12. The van der Waals surface area contributed by atoms with Gasteiger partial charge in [-0.2, -0.15) is 0 Å². The van der Waals surface area contributed by atoms with Crippen molar-refractivity contribution in [1.82, 2.24) is 20.3 Å². The number of carbonyl (C=O) groups is 4. The van der Waals surface area contributed by atoms with Gasteiger partial charge in [-0.25, -0.2) is 4.68 Å². The molecule has 1 N–H and O–H groups in total. The molecule has 226 valence electrons. The number of carbonyl (C=O) groups excluding carboxylic acids is 4. The quantitative estimate of drug-likeness (QED) is 0.0832. The smallest absolute Gasteiger partial charge is 0.550 e. The second-order valence-electron chi connectivity index (χ2n) is 9.11. The largest absolute Gasteiger partial charge is 1.00 e. The molecule has 0 radical (unpaired) electrons. The summed E-state index contributed by atoms with van der Waals surface area (Å²) in [6.07, 6.45) is 1.81. The summed E-state index contributed by atoms with van der Waals surface area (Å²) in [5.74, 6) is -4.45. The number of carboxylic acid groups (broad SMARTS) is 3. The van der Waals surface area contributed by atoms with Gasteiger partial charge in [0.1, 0.15) is 5.54 Å². The van der Waals surface area contributed by atoms with Crippen molar-refractivity contribution in [3.05, 3.63) is 11.9 Å². The summed E-state index contributed by atoms with van der Waals surface area (Å²) in [4.78, 5) is 45.3. The molecule has 1 saturated heterocycles. The molecule has 0 unspecified atom stereocenters. The minimum Gasteiger partial charge on any atom is -0.550 e. The molecule has 1 aromatic heterocycles. The maximum atomic E-state index is 13.0. The molecule has 1 fully saturated rings. The Balaban J connectivity index is 0. The fourth-order valence-electron chi connectivity index (χ4n) is 3.74. The van der Waals surface area contributed by atoms with E-state index in [9.17, 15) is 34.5 Å². The third-order valence-electron chi connectivity index (χ3n) is 5.70. The van der Waals surface area contributed by atoms with Gasteiger partial charge in [0.05, 0.1) is 64.7 Å². The number of aliphatic carboxylic acids is 3. The maximum absolute atomic E-state index is 13.0. The Morgan fingerprint density at radius 1 is 0.860 bits per heavy atom. The van der Waals surface area contributed by atoms with Crippen LogP contribution in [0.4, 0.5) is 0 Å². The Hall–Kier alpha value is 1.73. The van der Waals surface area contributed by atoms with Crippen molar-refractivity contribution in [2.24, 2.45) is 0 Å². The first-order valence-corrected chi connectivity index (χ1v) is 12.9. The fraction of sp³-hybridized carbons (Fsp3) is 0.750. The minimum atomic E-state index is -1.39. The van der Waals surface area contributed by atoms with E-state index in [0.29, 0.717) is 26.2 Å². The van der Waals surface area contributed by atoms with E-state index in [0.717, 1.165) is 12.1 Å². The predicted octanol–water partition coefficient (Wildman–Crippen LogP) is -13.3. The molecule has 2 rings (SSSR count). The molecular weight excluding hydrogens is 654 g/mol. The normalized spacial score (nSPS) is 12.9. The third kappa shape index (κ3) is 22.1.